The van der Waals surface area contributed by atoms with Gasteiger partial charge in [-0.1, -0.05) is 6.07 Å². The highest BCUT2D eigenvalue weighted by atomic mass is 32.1. The third kappa shape index (κ3) is 7.02. The lowest BCUT2D eigenvalue weighted by atomic mass is 10.0. The highest BCUT2D eigenvalue weighted by Gasteiger charge is 2.27. The first kappa shape index (κ1) is 33.6. The van der Waals surface area contributed by atoms with Gasteiger partial charge in [-0.05, 0) is 79.4 Å². The molecule has 1 amide bonds. The van der Waals surface area contributed by atoms with E-state index in [1.54, 1.807) is 18.5 Å². The quantitative estimate of drug-likeness (QED) is 0.152. The van der Waals surface area contributed by atoms with Gasteiger partial charge in [0.25, 0.3) is 11.5 Å². The molecule has 52 heavy (non-hydrogen) atoms. The molecule has 1 saturated heterocycles. The van der Waals surface area contributed by atoms with Gasteiger partial charge in [-0.15, -0.1) is 11.3 Å². The molecule has 0 bridgehead atoms. The van der Waals surface area contributed by atoms with Gasteiger partial charge in [-0.25, -0.2) is 8.78 Å². The second-order valence-corrected chi connectivity index (χ2v) is 13.7. The average molecular weight is 722 g/mol. The summed E-state index contributed by atoms with van der Waals surface area (Å²) < 4.78 is 48.2. The summed E-state index contributed by atoms with van der Waals surface area (Å²) in [6.45, 7) is 3.67. The summed E-state index contributed by atoms with van der Waals surface area (Å²) in [6.07, 6.45) is 7.73. The number of halogens is 2. The zero-order chi connectivity index (χ0) is 35.6. The molecule has 1 fully saturated rings. The van der Waals surface area contributed by atoms with E-state index in [4.69, 9.17) is 14.2 Å². The molecule has 0 saturated carbocycles. The van der Waals surface area contributed by atoms with Gasteiger partial charge in [0, 0.05) is 73.8 Å². The Morgan fingerprint density at radius 1 is 0.981 bits per heavy atom. The number of fused-ring (bicyclic) bond motifs is 2. The van der Waals surface area contributed by atoms with Gasteiger partial charge in [0.15, 0.2) is 11.6 Å². The molecule has 6 aromatic rings. The van der Waals surface area contributed by atoms with Crippen LogP contribution in [0.25, 0.3) is 26.5 Å². The molecular weight excluding hydrogens is 689 g/mol. The Morgan fingerprint density at radius 3 is 2.62 bits per heavy atom. The predicted octanol–water partition coefficient (Wildman–Crippen LogP) is 7.28. The van der Waals surface area contributed by atoms with Crippen LogP contribution in [0.15, 0.2) is 90.1 Å². The number of carbonyl (C=O) groups is 1. The third-order valence-corrected chi connectivity index (χ3v) is 10.3. The molecule has 13 heteroatoms. The number of carbonyl (C=O) groups excluding carboxylic acids is 1. The minimum absolute atomic E-state index is 0.0567. The molecule has 2 aliphatic heterocycles. The first-order valence-corrected chi connectivity index (χ1v) is 17.8. The van der Waals surface area contributed by atoms with Crippen molar-refractivity contribution in [2.75, 3.05) is 31.7 Å². The van der Waals surface area contributed by atoms with Crippen molar-refractivity contribution in [2.45, 2.75) is 25.8 Å². The first-order chi connectivity index (χ1) is 25.4. The Morgan fingerprint density at radius 2 is 1.83 bits per heavy atom. The summed E-state index contributed by atoms with van der Waals surface area (Å²) in [7, 11) is 0. The molecule has 6 heterocycles. The first-order valence-electron chi connectivity index (χ1n) is 17.0. The Hall–Kier alpha value is -5.50. The van der Waals surface area contributed by atoms with E-state index in [9.17, 15) is 14.0 Å². The van der Waals surface area contributed by atoms with Gasteiger partial charge >= 0.3 is 0 Å². The molecule has 0 atom stereocenters. The fraction of sp³-hybridized carbons (Fsp3) is 0.231. The van der Waals surface area contributed by atoms with Crippen molar-refractivity contribution in [3.05, 3.63) is 124 Å². The van der Waals surface area contributed by atoms with E-state index < -0.39 is 23.1 Å². The molecule has 2 aromatic carbocycles. The Kier molecular flexibility index (Phi) is 9.46. The number of nitrogens with zero attached hydrogens (tertiary/aromatic N) is 3. The van der Waals surface area contributed by atoms with Gasteiger partial charge in [0.05, 0.1) is 27.4 Å². The van der Waals surface area contributed by atoms with Crippen LogP contribution in [-0.2, 0) is 17.7 Å². The number of aromatic nitrogens is 3. The summed E-state index contributed by atoms with van der Waals surface area (Å²) in [6, 6.07) is 17.0. The molecule has 4 aromatic heterocycles. The fourth-order valence-electron chi connectivity index (χ4n) is 6.39. The van der Waals surface area contributed by atoms with Crippen LogP contribution in [0.5, 0.6) is 17.2 Å². The maximum Gasteiger partial charge on any atom is 0.271 e. The van der Waals surface area contributed by atoms with Crippen molar-refractivity contribution in [1.29, 1.82) is 0 Å². The van der Waals surface area contributed by atoms with E-state index >= 15 is 4.39 Å². The highest BCUT2D eigenvalue weighted by molar-refractivity contribution is 7.22. The largest absolute Gasteiger partial charge is 0.492 e. The Balaban J connectivity index is 0.967. The summed E-state index contributed by atoms with van der Waals surface area (Å²) in [5.41, 5.74) is 2.88. The fourth-order valence-corrected chi connectivity index (χ4v) is 7.43. The van der Waals surface area contributed by atoms with Gasteiger partial charge in [0.1, 0.15) is 22.9 Å². The van der Waals surface area contributed by atoms with E-state index in [-0.39, 0.29) is 22.7 Å². The van der Waals surface area contributed by atoms with Gasteiger partial charge in [-0.3, -0.25) is 24.1 Å². The normalized spacial score (nSPS) is 14.3. The zero-order valence-electron chi connectivity index (χ0n) is 27.9. The molecule has 10 nitrogen and oxygen atoms in total. The SMILES string of the molecule is O=C(Nc1ccc(Oc2ccnc3cc(-c4ccc(CNCC5CCOCC5)cn4)sc23)c(F)c1)c1c2c(cn(-c3ccc(F)cc3)c1=O)CCO2. The van der Waals surface area contributed by atoms with Gasteiger partial charge in [-0.2, -0.15) is 0 Å². The molecule has 0 aliphatic carbocycles. The number of pyridine rings is 3. The van der Waals surface area contributed by atoms with Crippen LogP contribution in [0.1, 0.15) is 34.3 Å². The molecule has 0 radical (unpaired) electrons. The van der Waals surface area contributed by atoms with Crippen molar-refractivity contribution in [3.63, 3.8) is 0 Å². The Labute approximate surface area is 301 Å². The lowest BCUT2D eigenvalue weighted by Crippen LogP contribution is -2.29. The number of ether oxygens (including phenoxy) is 3. The van der Waals surface area contributed by atoms with Crippen LogP contribution in [-0.4, -0.2) is 46.8 Å². The van der Waals surface area contributed by atoms with Crippen molar-refractivity contribution in [1.82, 2.24) is 19.9 Å². The van der Waals surface area contributed by atoms with Gasteiger partial charge < -0.3 is 24.8 Å². The highest BCUT2D eigenvalue weighted by Crippen LogP contribution is 2.39. The molecular formula is C39H33F2N5O5S. The predicted molar refractivity (Wildman–Crippen MR) is 194 cm³/mol. The minimum atomic E-state index is -0.762. The smallest absolute Gasteiger partial charge is 0.271 e. The lowest BCUT2D eigenvalue weighted by Gasteiger charge is -2.22. The topological polar surface area (TPSA) is 117 Å². The Bertz CT molecular complexity index is 2320. The number of rotatable bonds is 10. The molecule has 2 N–H and O–H groups in total. The van der Waals surface area contributed by atoms with Crippen molar-refractivity contribution in [3.8, 4) is 33.5 Å². The number of benzene rings is 2. The van der Waals surface area contributed by atoms with Crippen LogP contribution in [0, 0.1) is 17.6 Å². The maximum absolute atomic E-state index is 15.5. The van der Waals surface area contributed by atoms with E-state index in [1.165, 1.54) is 52.3 Å². The van der Waals surface area contributed by atoms with Crippen LogP contribution in [0.2, 0.25) is 0 Å². The summed E-state index contributed by atoms with van der Waals surface area (Å²) in [5.74, 6) is -0.747. The maximum atomic E-state index is 15.5. The number of amides is 1. The summed E-state index contributed by atoms with van der Waals surface area (Å²) >= 11 is 1.45. The molecule has 8 rings (SSSR count). The summed E-state index contributed by atoms with van der Waals surface area (Å²) in [5, 5.41) is 6.15. The van der Waals surface area contributed by atoms with Gasteiger partial charge in [0.2, 0.25) is 0 Å². The number of anilines is 1. The molecule has 0 unspecified atom stereocenters. The molecule has 264 valence electrons. The average Bonchev–Trinajstić information content (AvgIpc) is 3.82. The monoisotopic (exact) mass is 721 g/mol. The van der Waals surface area contributed by atoms with Crippen molar-refractivity contribution >= 4 is 33.1 Å². The van der Waals surface area contributed by atoms with E-state index in [2.05, 4.69) is 26.7 Å². The molecule has 2 aliphatic rings. The van der Waals surface area contributed by atoms with E-state index in [0.29, 0.717) is 41.5 Å². The second kappa shape index (κ2) is 14.6. The van der Waals surface area contributed by atoms with E-state index in [1.807, 2.05) is 18.3 Å². The van der Waals surface area contributed by atoms with Crippen LogP contribution >= 0.6 is 11.3 Å². The third-order valence-electron chi connectivity index (χ3n) is 9.15. The van der Waals surface area contributed by atoms with E-state index in [0.717, 1.165) is 66.0 Å². The van der Waals surface area contributed by atoms with Crippen molar-refractivity contribution in [2.24, 2.45) is 5.92 Å². The second-order valence-electron chi connectivity index (χ2n) is 12.7. The van der Waals surface area contributed by atoms with Crippen LogP contribution in [0.4, 0.5) is 14.5 Å². The van der Waals surface area contributed by atoms with Crippen molar-refractivity contribution < 1.29 is 27.8 Å². The number of thiophene rings is 1. The minimum Gasteiger partial charge on any atom is -0.492 e. The zero-order valence-corrected chi connectivity index (χ0v) is 28.7. The number of nitrogens with one attached hydrogen (secondary N) is 2. The summed E-state index contributed by atoms with van der Waals surface area (Å²) in [4.78, 5) is 37.0. The van der Waals surface area contributed by atoms with Crippen LogP contribution in [0.3, 0.4) is 0 Å². The standard InChI is InChI=1S/C39H33F2N5O5S/c40-26-2-5-28(6-3-26)46-22-25-12-16-50-36(25)35(39(46)48)38(47)45-27-4-8-32(29(41)17-27)51-33-9-13-43-31-18-34(52-37(31)33)30-7-1-24(21-44-30)20-42-19-23-10-14-49-15-11-23/h1-9,13,17-18,21-23,42H,10-12,14-16,19-20H2,(H,45,47). The number of hydrogen-bond donors (Lipinski definition) is 2. The number of hydrogen-bond acceptors (Lipinski definition) is 9. The van der Waals surface area contributed by atoms with Crippen LogP contribution < -0.4 is 25.7 Å². The lowest BCUT2D eigenvalue weighted by molar-refractivity contribution is 0.0662. The molecule has 0 spiro atoms.